The molecule has 8 heteroatoms. The Morgan fingerprint density at radius 1 is 1.17 bits per heavy atom. The van der Waals surface area contributed by atoms with E-state index in [2.05, 4.69) is 5.10 Å². The molecule has 1 aromatic rings. The normalized spacial score (nSPS) is 14.9. The summed E-state index contributed by atoms with van der Waals surface area (Å²) in [6.45, 7) is 4.33. The maximum absolute atomic E-state index is 12.5. The quantitative estimate of drug-likeness (QED) is 0.735. The van der Waals surface area contributed by atoms with Gasteiger partial charge in [-0.25, -0.2) is 4.68 Å². The Morgan fingerprint density at radius 3 is 2.43 bits per heavy atom. The van der Waals surface area contributed by atoms with Crippen molar-refractivity contribution in [1.29, 1.82) is 0 Å². The van der Waals surface area contributed by atoms with Gasteiger partial charge < -0.3 is 14.5 Å². The Labute approximate surface area is 134 Å². The molecule has 1 aliphatic rings. The Balaban J connectivity index is 2.01. The summed E-state index contributed by atoms with van der Waals surface area (Å²) in [5, 5.41) is 4.13. The molecule has 0 aliphatic carbocycles. The second-order valence-electron chi connectivity index (χ2n) is 5.39. The number of hydrogen-bond acceptors (Lipinski definition) is 5. The van der Waals surface area contributed by atoms with Crippen molar-refractivity contribution < 1.29 is 14.3 Å². The summed E-state index contributed by atoms with van der Waals surface area (Å²) in [6, 6.07) is 2.83. The van der Waals surface area contributed by atoms with E-state index in [1.165, 1.54) is 23.9 Å². The minimum atomic E-state index is -0.214. The summed E-state index contributed by atoms with van der Waals surface area (Å²) in [7, 11) is 1.48. The van der Waals surface area contributed by atoms with Crippen LogP contribution in [0.15, 0.2) is 16.9 Å². The first-order valence-corrected chi connectivity index (χ1v) is 7.71. The summed E-state index contributed by atoms with van der Waals surface area (Å²) in [6.07, 6.45) is 0.769. The third-order valence-corrected chi connectivity index (χ3v) is 3.71. The third-order valence-electron chi connectivity index (χ3n) is 3.71. The predicted molar refractivity (Wildman–Crippen MR) is 83.1 cm³/mol. The fourth-order valence-corrected chi connectivity index (χ4v) is 2.47. The predicted octanol–water partition coefficient (Wildman–Crippen LogP) is -0.416. The number of hydrogen-bond donors (Lipinski definition) is 0. The van der Waals surface area contributed by atoms with E-state index < -0.39 is 0 Å². The van der Waals surface area contributed by atoms with E-state index in [0.29, 0.717) is 32.7 Å². The highest BCUT2D eigenvalue weighted by atomic mass is 16.5. The molecule has 0 bridgehead atoms. The smallest absolute Gasteiger partial charge is 0.274 e. The van der Waals surface area contributed by atoms with Gasteiger partial charge in [0, 0.05) is 45.9 Å². The number of aromatic nitrogens is 2. The van der Waals surface area contributed by atoms with Crippen molar-refractivity contribution in [3.8, 4) is 0 Å². The second kappa shape index (κ2) is 7.87. The largest absolute Gasteiger partial charge is 0.375 e. The summed E-state index contributed by atoms with van der Waals surface area (Å²) in [4.78, 5) is 39.2. The molecular weight excluding hydrogens is 300 g/mol. The van der Waals surface area contributed by atoms with Crippen molar-refractivity contribution in [3.05, 3.63) is 28.2 Å². The number of carbonyl (C=O) groups is 2. The van der Waals surface area contributed by atoms with E-state index in [1.807, 2.05) is 6.92 Å². The molecule has 1 fully saturated rings. The molecule has 0 atom stereocenters. The van der Waals surface area contributed by atoms with Crippen molar-refractivity contribution in [3.63, 3.8) is 0 Å². The molecule has 8 nitrogen and oxygen atoms in total. The van der Waals surface area contributed by atoms with Gasteiger partial charge in [-0.2, -0.15) is 5.10 Å². The van der Waals surface area contributed by atoms with Crippen LogP contribution in [0.3, 0.4) is 0 Å². The molecule has 0 N–H and O–H groups in total. The lowest BCUT2D eigenvalue weighted by Crippen LogP contribution is -2.51. The van der Waals surface area contributed by atoms with E-state index in [-0.39, 0.29) is 29.7 Å². The Morgan fingerprint density at radius 2 is 1.83 bits per heavy atom. The zero-order chi connectivity index (χ0) is 16.8. The molecule has 0 radical (unpaired) electrons. The highest BCUT2D eigenvalue weighted by molar-refractivity contribution is 5.92. The van der Waals surface area contributed by atoms with Gasteiger partial charge in [-0.3, -0.25) is 14.4 Å². The number of methoxy groups -OCH3 is 1. The molecule has 126 valence electrons. The number of piperazine rings is 1. The molecule has 0 unspecified atom stereocenters. The third kappa shape index (κ3) is 4.16. The van der Waals surface area contributed by atoms with Gasteiger partial charge in [0.2, 0.25) is 5.91 Å². The van der Waals surface area contributed by atoms with Crippen LogP contribution in [-0.2, 0) is 16.1 Å². The van der Waals surface area contributed by atoms with Gasteiger partial charge in [0.15, 0.2) is 0 Å². The van der Waals surface area contributed by atoms with E-state index in [1.54, 1.807) is 9.80 Å². The molecular formula is C15H22N4O4. The Bertz CT molecular complexity index is 620. The highest BCUT2D eigenvalue weighted by Gasteiger charge is 2.25. The Kier molecular flexibility index (Phi) is 5.86. The zero-order valence-electron chi connectivity index (χ0n) is 13.5. The van der Waals surface area contributed by atoms with Crippen LogP contribution < -0.4 is 5.56 Å². The number of amides is 2. The standard InChI is InChI=1S/C15H22N4O4/c1-3-6-19-13(20)5-4-12(16-19)15(22)18-9-7-17(8-10-18)14(21)11-23-2/h4-5H,3,6-11H2,1-2H3. The lowest BCUT2D eigenvalue weighted by molar-refractivity contribution is -0.136. The first-order chi connectivity index (χ1) is 11.1. The Hall–Kier alpha value is -2.22. The molecule has 0 aromatic carbocycles. The minimum Gasteiger partial charge on any atom is -0.375 e. The van der Waals surface area contributed by atoms with Gasteiger partial charge in [0.05, 0.1) is 0 Å². The summed E-state index contributed by atoms with van der Waals surface area (Å²) < 4.78 is 6.14. The summed E-state index contributed by atoms with van der Waals surface area (Å²) >= 11 is 0. The van der Waals surface area contributed by atoms with Crippen molar-refractivity contribution in [2.24, 2.45) is 0 Å². The average molecular weight is 322 g/mol. The number of carbonyl (C=O) groups excluding carboxylic acids is 2. The van der Waals surface area contributed by atoms with E-state index in [9.17, 15) is 14.4 Å². The van der Waals surface area contributed by atoms with Gasteiger partial charge >= 0.3 is 0 Å². The van der Waals surface area contributed by atoms with Gasteiger partial charge in [-0.05, 0) is 12.5 Å². The number of nitrogens with zero attached hydrogens (tertiary/aromatic N) is 4. The molecule has 1 aliphatic heterocycles. The van der Waals surface area contributed by atoms with Crippen molar-refractivity contribution in [1.82, 2.24) is 19.6 Å². The van der Waals surface area contributed by atoms with Gasteiger partial charge in [0.1, 0.15) is 12.3 Å². The molecule has 23 heavy (non-hydrogen) atoms. The fourth-order valence-electron chi connectivity index (χ4n) is 2.47. The van der Waals surface area contributed by atoms with Crippen LogP contribution in [-0.4, -0.2) is 71.3 Å². The van der Waals surface area contributed by atoms with Crippen molar-refractivity contribution >= 4 is 11.8 Å². The van der Waals surface area contributed by atoms with Crippen LogP contribution in [0.5, 0.6) is 0 Å². The van der Waals surface area contributed by atoms with Gasteiger partial charge in [-0.15, -0.1) is 0 Å². The summed E-state index contributed by atoms with van der Waals surface area (Å²) in [5.41, 5.74) is 0.0492. The summed E-state index contributed by atoms with van der Waals surface area (Å²) in [5.74, 6) is -0.289. The van der Waals surface area contributed by atoms with Crippen LogP contribution in [0.25, 0.3) is 0 Å². The molecule has 2 amide bonds. The topological polar surface area (TPSA) is 84.7 Å². The zero-order valence-corrected chi connectivity index (χ0v) is 13.5. The van der Waals surface area contributed by atoms with Crippen LogP contribution in [0.2, 0.25) is 0 Å². The average Bonchev–Trinajstić information content (AvgIpc) is 2.57. The fraction of sp³-hybridized carbons (Fsp3) is 0.600. The first-order valence-electron chi connectivity index (χ1n) is 7.71. The first kappa shape index (κ1) is 17.1. The van der Waals surface area contributed by atoms with E-state index >= 15 is 0 Å². The van der Waals surface area contributed by atoms with Crippen LogP contribution >= 0.6 is 0 Å². The molecule has 0 saturated carbocycles. The lowest BCUT2D eigenvalue weighted by Gasteiger charge is -2.34. The number of aryl methyl sites for hydroxylation is 1. The van der Waals surface area contributed by atoms with Crippen LogP contribution in [0.4, 0.5) is 0 Å². The molecule has 2 heterocycles. The molecule has 0 spiro atoms. The molecule has 1 aromatic heterocycles. The van der Waals surface area contributed by atoms with Gasteiger partial charge in [0.25, 0.3) is 11.5 Å². The SMILES string of the molecule is CCCn1nc(C(=O)N2CCN(C(=O)COC)CC2)ccc1=O. The monoisotopic (exact) mass is 322 g/mol. The molecule has 1 saturated heterocycles. The molecule has 2 rings (SSSR count). The van der Waals surface area contributed by atoms with Crippen LogP contribution in [0, 0.1) is 0 Å². The minimum absolute atomic E-state index is 0.0531. The van der Waals surface area contributed by atoms with E-state index in [0.717, 1.165) is 6.42 Å². The highest BCUT2D eigenvalue weighted by Crippen LogP contribution is 2.07. The van der Waals surface area contributed by atoms with Gasteiger partial charge in [-0.1, -0.05) is 6.92 Å². The van der Waals surface area contributed by atoms with Crippen LogP contribution in [0.1, 0.15) is 23.8 Å². The number of ether oxygens (including phenoxy) is 1. The number of rotatable bonds is 5. The maximum Gasteiger partial charge on any atom is 0.274 e. The second-order valence-corrected chi connectivity index (χ2v) is 5.39. The van der Waals surface area contributed by atoms with Crippen molar-refractivity contribution in [2.45, 2.75) is 19.9 Å². The maximum atomic E-state index is 12.5. The van der Waals surface area contributed by atoms with E-state index in [4.69, 9.17) is 4.74 Å². The van der Waals surface area contributed by atoms with Crippen molar-refractivity contribution in [2.75, 3.05) is 39.9 Å². The lowest BCUT2D eigenvalue weighted by atomic mass is 10.2.